The Bertz CT molecular complexity index is 672. The molecule has 21 heavy (non-hydrogen) atoms. The lowest BCUT2D eigenvalue weighted by atomic mass is 9.98. The van der Waals surface area contributed by atoms with E-state index in [9.17, 15) is 9.90 Å². The lowest BCUT2D eigenvalue weighted by Gasteiger charge is -2.18. The highest BCUT2D eigenvalue weighted by Gasteiger charge is 2.18. The van der Waals surface area contributed by atoms with Crippen LogP contribution in [-0.2, 0) is 27.2 Å². The van der Waals surface area contributed by atoms with E-state index in [1.165, 1.54) is 26.4 Å². The van der Waals surface area contributed by atoms with Crippen molar-refractivity contribution in [2.45, 2.75) is 19.3 Å². The van der Waals surface area contributed by atoms with E-state index in [1.54, 1.807) is 13.2 Å². The van der Waals surface area contributed by atoms with Crippen LogP contribution >= 0.6 is 0 Å². The fourth-order valence-electron chi connectivity index (χ4n) is 2.28. The molecule has 0 saturated carbocycles. The number of phenols is 1. The molecule has 0 saturated heterocycles. The second-order valence-corrected chi connectivity index (χ2v) is 4.56. The van der Waals surface area contributed by atoms with Crippen molar-refractivity contribution >= 4 is 11.0 Å². The summed E-state index contributed by atoms with van der Waals surface area (Å²) in [6, 6.07) is 4.43. The van der Waals surface area contributed by atoms with E-state index in [0.717, 1.165) is 10.9 Å². The molecule has 2 aromatic rings. The maximum Gasteiger partial charge on any atom is 0.336 e. The normalized spacial score (nSPS) is 11.4. The molecule has 0 aliphatic carbocycles. The van der Waals surface area contributed by atoms with Gasteiger partial charge in [-0.05, 0) is 11.6 Å². The number of hydrogen-bond acceptors (Lipinski definition) is 6. The van der Waals surface area contributed by atoms with Crippen molar-refractivity contribution in [3.05, 3.63) is 39.7 Å². The van der Waals surface area contributed by atoms with Gasteiger partial charge < -0.3 is 23.7 Å². The minimum atomic E-state index is -0.475. The topological polar surface area (TPSA) is 78.1 Å². The Morgan fingerprint density at radius 1 is 1.19 bits per heavy atom. The van der Waals surface area contributed by atoms with E-state index in [1.807, 2.05) is 0 Å². The molecule has 0 radical (unpaired) electrons. The molecule has 114 valence electrons. The summed E-state index contributed by atoms with van der Waals surface area (Å²) in [4.78, 5) is 11.3. The van der Waals surface area contributed by atoms with E-state index in [0.29, 0.717) is 17.6 Å². The van der Waals surface area contributed by atoms with Crippen molar-refractivity contribution in [2.75, 3.05) is 21.3 Å². The fraction of sp³-hybridized carbons (Fsp3) is 0.400. The van der Waals surface area contributed by atoms with Crippen LogP contribution in [0.15, 0.2) is 27.4 Å². The zero-order valence-corrected chi connectivity index (χ0v) is 12.2. The Morgan fingerprint density at radius 3 is 2.52 bits per heavy atom. The maximum absolute atomic E-state index is 11.3. The standard InChI is InChI=1S/C15H18O6/c1-18-8-11-10(6-15(19-2)20-3)9-4-5-14(17)21-13(9)7-12(11)16/h4-5,7,15-16H,6,8H2,1-3H3. The van der Waals surface area contributed by atoms with Gasteiger partial charge in [0.2, 0.25) is 0 Å². The number of rotatable bonds is 6. The highest BCUT2D eigenvalue weighted by Crippen LogP contribution is 2.31. The van der Waals surface area contributed by atoms with Gasteiger partial charge in [-0.25, -0.2) is 4.79 Å². The number of benzene rings is 1. The molecular weight excluding hydrogens is 276 g/mol. The van der Waals surface area contributed by atoms with Gasteiger partial charge in [-0.1, -0.05) is 0 Å². The van der Waals surface area contributed by atoms with Gasteiger partial charge >= 0.3 is 5.63 Å². The maximum atomic E-state index is 11.3. The summed E-state index contributed by atoms with van der Waals surface area (Å²) in [6.07, 6.45) is -0.0813. The summed E-state index contributed by atoms with van der Waals surface area (Å²) in [7, 11) is 4.62. The van der Waals surface area contributed by atoms with Gasteiger partial charge in [0.25, 0.3) is 0 Å². The summed E-state index contributed by atoms with van der Waals surface area (Å²) in [5.74, 6) is 0.0136. The third kappa shape index (κ3) is 3.24. The number of methoxy groups -OCH3 is 3. The SMILES string of the molecule is COCc1c(O)cc2oc(=O)ccc2c1CC(OC)OC. The van der Waals surface area contributed by atoms with Crippen molar-refractivity contribution < 1.29 is 23.7 Å². The Hall–Kier alpha value is -1.89. The smallest absolute Gasteiger partial charge is 0.336 e. The predicted molar refractivity (Wildman–Crippen MR) is 76.4 cm³/mol. The molecule has 6 heteroatoms. The van der Waals surface area contributed by atoms with Crippen molar-refractivity contribution in [2.24, 2.45) is 0 Å². The first kappa shape index (κ1) is 15.5. The van der Waals surface area contributed by atoms with Crippen LogP contribution in [0.3, 0.4) is 0 Å². The molecule has 1 aromatic heterocycles. The molecule has 1 heterocycles. The van der Waals surface area contributed by atoms with E-state index in [-0.39, 0.29) is 12.4 Å². The van der Waals surface area contributed by atoms with Crippen LogP contribution in [0.1, 0.15) is 11.1 Å². The lowest BCUT2D eigenvalue weighted by Crippen LogP contribution is -2.17. The molecule has 0 aliphatic heterocycles. The number of hydrogen-bond donors (Lipinski definition) is 1. The lowest BCUT2D eigenvalue weighted by molar-refractivity contribution is -0.100. The van der Waals surface area contributed by atoms with Crippen molar-refractivity contribution in [3.63, 3.8) is 0 Å². The van der Waals surface area contributed by atoms with Gasteiger partial charge in [-0.15, -0.1) is 0 Å². The third-order valence-corrected chi connectivity index (χ3v) is 3.31. The summed E-state index contributed by atoms with van der Waals surface area (Å²) < 4.78 is 20.7. The average molecular weight is 294 g/mol. The Labute approximate surface area is 121 Å². The molecule has 0 aliphatic rings. The molecule has 0 spiro atoms. The van der Waals surface area contributed by atoms with Gasteiger partial charge in [0, 0.05) is 50.8 Å². The highest BCUT2D eigenvalue weighted by atomic mass is 16.7. The monoisotopic (exact) mass is 294 g/mol. The van der Waals surface area contributed by atoms with Crippen LogP contribution in [0.4, 0.5) is 0 Å². The van der Waals surface area contributed by atoms with Gasteiger partial charge in [-0.3, -0.25) is 0 Å². The predicted octanol–water partition coefficient (Wildman–Crippen LogP) is 1.81. The van der Waals surface area contributed by atoms with Crippen molar-refractivity contribution in [1.82, 2.24) is 0 Å². The van der Waals surface area contributed by atoms with Crippen molar-refractivity contribution in [3.8, 4) is 5.75 Å². The quantitative estimate of drug-likeness (QED) is 0.646. The summed E-state index contributed by atoms with van der Waals surface area (Å²) >= 11 is 0. The van der Waals surface area contributed by atoms with Crippen LogP contribution in [-0.4, -0.2) is 32.7 Å². The molecule has 0 fully saturated rings. The first-order valence-corrected chi connectivity index (χ1v) is 6.42. The first-order chi connectivity index (χ1) is 10.1. The highest BCUT2D eigenvalue weighted by molar-refractivity contribution is 5.83. The largest absolute Gasteiger partial charge is 0.507 e. The number of phenolic OH excluding ortho intramolecular Hbond substituents is 1. The summed E-state index contributed by atoms with van der Waals surface area (Å²) in [6.45, 7) is 0.233. The van der Waals surface area contributed by atoms with Crippen LogP contribution in [0.2, 0.25) is 0 Å². The molecule has 0 atom stereocenters. The van der Waals surface area contributed by atoms with Crippen LogP contribution < -0.4 is 5.63 Å². The van der Waals surface area contributed by atoms with E-state index in [4.69, 9.17) is 18.6 Å². The Balaban J connectivity index is 2.65. The van der Waals surface area contributed by atoms with E-state index >= 15 is 0 Å². The third-order valence-electron chi connectivity index (χ3n) is 3.31. The van der Waals surface area contributed by atoms with Gasteiger partial charge in [0.15, 0.2) is 6.29 Å². The molecule has 2 rings (SSSR count). The van der Waals surface area contributed by atoms with Crippen LogP contribution in [0.5, 0.6) is 5.75 Å². The van der Waals surface area contributed by atoms with Crippen LogP contribution in [0.25, 0.3) is 11.0 Å². The second-order valence-electron chi connectivity index (χ2n) is 4.56. The van der Waals surface area contributed by atoms with Gasteiger partial charge in [0.05, 0.1) is 6.61 Å². The van der Waals surface area contributed by atoms with Crippen LogP contribution in [0, 0.1) is 0 Å². The minimum absolute atomic E-state index is 0.0136. The van der Waals surface area contributed by atoms with Gasteiger partial charge in [-0.2, -0.15) is 0 Å². The molecule has 0 amide bonds. The summed E-state index contributed by atoms with van der Waals surface area (Å²) in [5.41, 5.74) is 1.24. The summed E-state index contributed by atoms with van der Waals surface area (Å²) in [5, 5.41) is 10.9. The fourth-order valence-corrected chi connectivity index (χ4v) is 2.28. The zero-order valence-electron chi connectivity index (χ0n) is 12.2. The minimum Gasteiger partial charge on any atom is -0.507 e. The Morgan fingerprint density at radius 2 is 1.90 bits per heavy atom. The second kappa shape index (κ2) is 6.71. The van der Waals surface area contributed by atoms with E-state index in [2.05, 4.69) is 0 Å². The zero-order chi connectivity index (χ0) is 15.4. The van der Waals surface area contributed by atoms with Gasteiger partial charge in [0.1, 0.15) is 11.3 Å². The van der Waals surface area contributed by atoms with E-state index < -0.39 is 11.9 Å². The Kier molecular flexibility index (Phi) is 4.95. The van der Waals surface area contributed by atoms with Crippen molar-refractivity contribution in [1.29, 1.82) is 0 Å². The molecule has 0 bridgehead atoms. The number of ether oxygens (including phenoxy) is 3. The molecular formula is C15H18O6. The first-order valence-electron chi connectivity index (χ1n) is 6.42. The number of aromatic hydroxyl groups is 1. The molecule has 6 nitrogen and oxygen atoms in total. The molecule has 1 aromatic carbocycles. The average Bonchev–Trinajstić information content (AvgIpc) is 2.47. The molecule has 1 N–H and O–H groups in total. The molecule has 0 unspecified atom stereocenters. The number of fused-ring (bicyclic) bond motifs is 1.